The summed E-state index contributed by atoms with van der Waals surface area (Å²) >= 11 is 0. The molecule has 3 heterocycles. The van der Waals surface area contributed by atoms with Gasteiger partial charge >= 0.3 is 6.03 Å². The van der Waals surface area contributed by atoms with Gasteiger partial charge in [-0.3, -0.25) is 4.98 Å². The van der Waals surface area contributed by atoms with Gasteiger partial charge in [0.2, 0.25) is 0 Å². The number of aromatic nitrogens is 3. The molecular weight excluding hydrogens is 357 g/mol. The first-order valence-corrected chi connectivity index (χ1v) is 9.40. The minimum Gasteiger partial charge on any atom is -0.330 e. The fourth-order valence-corrected chi connectivity index (χ4v) is 3.61. The van der Waals surface area contributed by atoms with Gasteiger partial charge < -0.3 is 14.8 Å². The topological polar surface area (TPSA) is 63.1 Å². The lowest BCUT2D eigenvalue weighted by atomic mass is 9.97. The molecule has 1 aliphatic heterocycles. The lowest BCUT2D eigenvalue weighted by molar-refractivity contribution is 0.190. The Bertz CT molecular complexity index is 925. The summed E-state index contributed by atoms with van der Waals surface area (Å²) in [6.07, 6.45) is 9.30. The second kappa shape index (κ2) is 8.21. The smallest absolute Gasteiger partial charge is 0.321 e. The molecule has 6 nitrogen and oxygen atoms in total. The highest BCUT2D eigenvalue weighted by Crippen LogP contribution is 2.27. The van der Waals surface area contributed by atoms with Crippen LogP contribution in [0.15, 0.2) is 61.2 Å². The van der Waals surface area contributed by atoms with E-state index >= 15 is 0 Å². The first-order valence-electron chi connectivity index (χ1n) is 9.40. The Labute approximate surface area is 163 Å². The Morgan fingerprint density at radius 2 is 2.07 bits per heavy atom. The van der Waals surface area contributed by atoms with Crippen LogP contribution in [0.5, 0.6) is 0 Å². The Morgan fingerprint density at radius 1 is 1.21 bits per heavy atom. The van der Waals surface area contributed by atoms with Crippen LogP contribution in [0.2, 0.25) is 0 Å². The summed E-state index contributed by atoms with van der Waals surface area (Å²) in [6.45, 7) is 2.02. The Kier molecular flexibility index (Phi) is 5.32. The molecule has 0 radical (unpaired) electrons. The largest absolute Gasteiger partial charge is 0.330 e. The van der Waals surface area contributed by atoms with Gasteiger partial charge in [-0.1, -0.05) is 6.07 Å². The number of rotatable bonds is 4. The zero-order valence-corrected chi connectivity index (χ0v) is 15.5. The molecule has 0 saturated carbocycles. The van der Waals surface area contributed by atoms with Crippen LogP contribution in [0.25, 0.3) is 0 Å². The van der Waals surface area contributed by atoms with E-state index in [1.165, 1.54) is 12.1 Å². The number of amides is 2. The van der Waals surface area contributed by atoms with Gasteiger partial charge in [0, 0.05) is 49.5 Å². The molecule has 1 fully saturated rings. The van der Waals surface area contributed by atoms with Crippen molar-refractivity contribution in [3.05, 3.63) is 78.4 Å². The van der Waals surface area contributed by atoms with Gasteiger partial charge in [-0.25, -0.2) is 14.2 Å². The third-order valence-electron chi connectivity index (χ3n) is 4.99. The number of halogens is 1. The summed E-state index contributed by atoms with van der Waals surface area (Å²) < 4.78 is 15.2. The van der Waals surface area contributed by atoms with Crippen LogP contribution in [0.3, 0.4) is 0 Å². The molecule has 2 amide bonds. The highest BCUT2D eigenvalue weighted by molar-refractivity contribution is 5.89. The molecular formula is C21H22FN5O. The summed E-state index contributed by atoms with van der Waals surface area (Å²) in [5, 5.41) is 2.84. The predicted molar refractivity (Wildman–Crippen MR) is 105 cm³/mol. The number of anilines is 1. The van der Waals surface area contributed by atoms with Crippen LogP contribution in [0.4, 0.5) is 14.9 Å². The molecule has 0 unspecified atom stereocenters. The molecule has 0 aliphatic carbocycles. The number of carbonyl (C=O) groups excluding carboxylic acids is 1. The number of imidazole rings is 1. The van der Waals surface area contributed by atoms with Gasteiger partial charge in [-0.05, 0) is 48.7 Å². The fourth-order valence-electron chi connectivity index (χ4n) is 3.61. The van der Waals surface area contributed by atoms with Gasteiger partial charge in [-0.15, -0.1) is 0 Å². The highest BCUT2D eigenvalue weighted by atomic mass is 19.1. The van der Waals surface area contributed by atoms with Crippen LogP contribution >= 0.6 is 0 Å². The number of urea groups is 1. The minimum absolute atomic E-state index is 0.165. The third kappa shape index (κ3) is 4.19. The average Bonchev–Trinajstić information content (AvgIpc) is 3.19. The molecule has 1 saturated heterocycles. The number of nitrogens with zero attached hydrogens (tertiary/aromatic N) is 4. The van der Waals surface area contributed by atoms with Gasteiger partial charge in [0.05, 0.1) is 6.54 Å². The number of likely N-dealkylation sites (tertiary alicyclic amines) is 1. The fraction of sp³-hybridized carbons (Fsp3) is 0.286. The standard InChI is InChI=1S/C21H22FN5O/c22-18-5-7-19(8-6-18)25-21(28)27-11-2-4-17(15-27)20-24-10-12-26(20)14-16-3-1-9-23-13-16/h1,3,5-10,12-13,17H,2,4,11,14-15H2,(H,25,28)/t17-/m1/s1. The molecule has 2 aromatic heterocycles. The average molecular weight is 379 g/mol. The highest BCUT2D eigenvalue weighted by Gasteiger charge is 2.27. The van der Waals surface area contributed by atoms with Crippen molar-refractivity contribution < 1.29 is 9.18 Å². The maximum Gasteiger partial charge on any atom is 0.321 e. The summed E-state index contributed by atoms with van der Waals surface area (Å²) in [5.74, 6) is 0.846. The SMILES string of the molecule is O=C(Nc1ccc(F)cc1)N1CCC[C@@H](c2nccn2Cc2cccnc2)C1. The number of benzene rings is 1. The second-order valence-electron chi connectivity index (χ2n) is 7.00. The number of nitrogens with one attached hydrogen (secondary N) is 1. The lowest BCUT2D eigenvalue weighted by Crippen LogP contribution is -2.42. The maximum absolute atomic E-state index is 13.0. The normalized spacial score (nSPS) is 16.8. The Morgan fingerprint density at radius 3 is 2.86 bits per heavy atom. The number of carbonyl (C=O) groups is 1. The zero-order chi connectivity index (χ0) is 19.3. The maximum atomic E-state index is 13.0. The van der Waals surface area contributed by atoms with Gasteiger partial charge in [0.25, 0.3) is 0 Å². The van der Waals surface area contributed by atoms with Crippen LogP contribution in [0.1, 0.15) is 30.1 Å². The monoisotopic (exact) mass is 379 g/mol. The summed E-state index contributed by atoms with van der Waals surface area (Å²) in [7, 11) is 0. The van der Waals surface area contributed by atoms with Gasteiger partial charge in [0.15, 0.2) is 0 Å². The van der Waals surface area contributed by atoms with Crippen LogP contribution in [-0.4, -0.2) is 38.6 Å². The molecule has 0 bridgehead atoms. The summed E-state index contributed by atoms with van der Waals surface area (Å²) in [6, 6.07) is 9.61. The molecule has 1 atom stereocenters. The van der Waals surface area contributed by atoms with E-state index in [9.17, 15) is 9.18 Å². The van der Waals surface area contributed by atoms with E-state index in [2.05, 4.69) is 19.9 Å². The van der Waals surface area contributed by atoms with Crippen molar-refractivity contribution in [1.29, 1.82) is 0 Å². The molecule has 0 spiro atoms. The number of pyridine rings is 1. The van der Waals surface area contributed by atoms with E-state index < -0.39 is 0 Å². The molecule has 144 valence electrons. The first kappa shape index (κ1) is 18.2. The molecule has 1 N–H and O–H groups in total. The van der Waals surface area contributed by atoms with Crippen LogP contribution < -0.4 is 5.32 Å². The van der Waals surface area contributed by atoms with E-state index in [-0.39, 0.29) is 17.8 Å². The van der Waals surface area contributed by atoms with Crippen molar-refractivity contribution in [1.82, 2.24) is 19.4 Å². The van der Waals surface area contributed by atoms with Crippen molar-refractivity contribution in [2.24, 2.45) is 0 Å². The Balaban J connectivity index is 1.43. The van der Waals surface area contributed by atoms with E-state index in [1.807, 2.05) is 30.7 Å². The van der Waals surface area contributed by atoms with Crippen molar-refractivity contribution in [2.45, 2.75) is 25.3 Å². The predicted octanol–water partition coefficient (Wildman–Crippen LogP) is 3.88. The quantitative estimate of drug-likeness (QED) is 0.748. The van der Waals surface area contributed by atoms with Crippen LogP contribution in [0, 0.1) is 5.82 Å². The Hall–Kier alpha value is -3.22. The molecule has 3 aromatic rings. The molecule has 1 aromatic carbocycles. The van der Waals surface area contributed by atoms with Crippen molar-refractivity contribution in [3.63, 3.8) is 0 Å². The van der Waals surface area contributed by atoms with Crippen molar-refractivity contribution in [2.75, 3.05) is 18.4 Å². The van der Waals surface area contributed by atoms with E-state index in [0.29, 0.717) is 25.3 Å². The molecule has 7 heteroatoms. The number of hydrogen-bond donors (Lipinski definition) is 1. The first-order chi connectivity index (χ1) is 13.7. The number of hydrogen-bond acceptors (Lipinski definition) is 3. The van der Waals surface area contributed by atoms with Gasteiger partial charge in [0.1, 0.15) is 11.6 Å². The summed E-state index contributed by atoms with van der Waals surface area (Å²) in [4.78, 5) is 23.2. The minimum atomic E-state index is -0.323. The van der Waals surface area contributed by atoms with Crippen LogP contribution in [-0.2, 0) is 6.54 Å². The molecule has 28 heavy (non-hydrogen) atoms. The van der Waals surface area contributed by atoms with Crippen molar-refractivity contribution >= 4 is 11.7 Å². The van der Waals surface area contributed by atoms with E-state index in [1.54, 1.807) is 23.2 Å². The number of piperidine rings is 1. The second-order valence-corrected chi connectivity index (χ2v) is 7.00. The van der Waals surface area contributed by atoms with E-state index in [4.69, 9.17) is 0 Å². The van der Waals surface area contributed by atoms with Gasteiger partial charge in [-0.2, -0.15) is 0 Å². The molecule has 4 rings (SSSR count). The van der Waals surface area contributed by atoms with Crippen molar-refractivity contribution in [3.8, 4) is 0 Å². The lowest BCUT2D eigenvalue weighted by Gasteiger charge is -2.32. The summed E-state index contributed by atoms with van der Waals surface area (Å²) in [5.41, 5.74) is 1.70. The van der Waals surface area contributed by atoms with E-state index in [0.717, 1.165) is 24.2 Å². The molecule has 1 aliphatic rings. The third-order valence-corrected chi connectivity index (χ3v) is 4.99. The zero-order valence-electron chi connectivity index (χ0n) is 15.5.